The van der Waals surface area contributed by atoms with Crippen molar-refractivity contribution in [2.45, 2.75) is 32.6 Å². The van der Waals surface area contributed by atoms with Crippen LogP contribution in [0.1, 0.15) is 32.8 Å². The second-order valence-corrected chi connectivity index (χ2v) is 3.64. The lowest BCUT2D eigenvalue weighted by atomic mass is 9.80. The molecule has 0 bridgehead atoms. The lowest BCUT2D eigenvalue weighted by molar-refractivity contribution is 0.572. The number of allylic oxidation sites excluding steroid dienone is 2. The Kier molecular flexibility index (Phi) is 3.30. The minimum atomic E-state index is 0.204. The van der Waals surface area contributed by atoms with Crippen molar-refractivity contribution >= 4 is 0 Å². The van der Waals surface area contributed by atoms with Crippen LogP contribution in [-0.4, -0.2) is 0 Å². The molecular weight excluding hydrogens is 156 g/mol. The summed E-state index contributed by atoms with van der Waals surface area (Å²) in [6.07, 6.45) is 5.56. The normalized spacial score (nSPS) is 15.9. The zero-order chi connectivity index (χ0) is 9.73. The molecule has 0 saturated carbocycles. The van der Waals surface area contributed by atoms with Gasteiger partial charge in [0.2, 0.25) is 0 Å². The van der Waals surface area contributed by atoms with E-state index < -0.39 is 0 Å². The molecule has 1 unspecified atom stereocenters. The minimum Gasteiger partial charge on any atom is -0.0908 e. The van der Waals surface area contributed by atoms with Gasteiger partial charge < -0.3 is 0 Å². The van der Waals surface area contributed by atoms with Gasteiger partial charge in [-0.2, -0.15) is 0 Å². The first kappa shape index (κ1) is 10.0. The van der Waals surface area contributed by atoms with E-state index in [2.05, 4.69) is 63.3 Å². The van der Waals surface area contributed by atoms with E-state index in [9.17, 15) is 0 Å². The number of hydrogen-bond donors (Lipinski definition) is 0. The van der Waals surface area contributed by atoms with Crippen LogP contribution in [0.5, 0.6) is 0 Å². The van der Waals surface area contributed by atoms with Crippen LogP contribution in [0.15, 0.2) is 42.5 Å². The average molecular weight is 174 g/mol. The maximum atomic E-state index is 2.28. The van der Waals surface area contributed by atoms with Crippen molar-refractivity contribution in [2.24, 2.45) is 0 Å². The molecule has 1 atom stereocenters. The second-order valence-electron chi connectivity index (χ2n) is 3.64. The van der Waals surface area contributed by atoms with E-state index in [0.29, 0.717) is 0 Å². The van der Waals surface area contributed by atoms with Crippen LogP contribution >= 0.6 is 0 Å². The number of benzene rings is 1. The van der Waals surface area contributed by atoms with Crippen LogP contribution in [0.3, 0.4) is 0 Å². The summed E-state index contributed by atoms with van der Waals surface area (Å²) in [5.74, 6) is 0. The first-order valence-electron chi connectivity index (χ1n) is 4.92. The summed E-state index contributed by atoms with van der Waals surface area (Å²) >= 11 is 0. The molecule has 0 aliphatic heterocycles. The molecule has 0 radical (unpaired) electrons. The Labute approximate surface area is 81.3 Å². The van der Waals surface area contributed by atoms with Crippen molar-refractivity contribution in [1.82, 2.24) is 0 Å². The van der Waals surface area contributed by atoms with Crippen molar-refractivity contribution in [1.29, 1.82) is 0 Å². The molecule has 0 aromatic heterocycles. The van der Waals surface area contributed by atoms with Gasteiger partial charge in [0.1, 0.15) is 0 Å². The standard InChI is InChI=1S/C13H18/c1-4-11-13(3,5-2)12-9-7-6-8-10-12/h4,6-11H,5H2,1-3H3. The third-order valence-corrected chi connectivity index (χ3v) is 2.70. The SMILES string of the molecule is CC=CC(C)(CC)c1ccccc1. The molecule has 0 fully saturated rings. The molecule has 0 saturated heterocycles. The molecule has 70 valence electrons. The maximum absolute atomic E-state index is 2.28. The first-order valence-corrected chi connectivity index (χ1v) is 4.92. The number of rotatable bonds is 3. The van der Waals surface area contributed by atoms with Gasteiger partial charge in [-0.1, -0.05) is 56.3 Å². The molecule has 0 spiro atoms. The van der Waals surface area contributed by atoms with Crippen molar-refractivity contribution in [3.8, 4) is 0 Å². The summed E-state index contributed by atoms with van der Waals surface area (Å²) in [7, 11) is 0. The van der Waals surface area contributed by atoms with Gasteiger partial charge in [0.15, 0.2) is 0 Å². The van der Waals surface area contributed by atoms with Crippen LogP contribution in [0.2, 0.25) is 0 Å². The Bertz CT molecular complexity index is 271. The Morgan fingerprint density at radius 1 is 1.23 bits per heavy atom. The Morgan fingerprint density at radius 2 is 1.85 bits per heavy atom. The van der Waals surface area contributed by atoms with Gasteiger partial charge in [-0.3, -0.25) is 0 Å². The molecule has 0 heterocycles. The highest BCUT2D eigenvalue weighted by atomic mass is 14.2. The summed E-state index contributed by atoms with van der Waals surface area (Å²) < 4.78 is 0. The smallest absolute Gasteiger partial charge is 0.0101 e. The highest BCUT2D eigenvalue weighted by molar-refractivity contribution is 5.29. The minimum absolute atomic E-state index is 0.204. The van der Waals surface area contributed by atoms with Crippen LogP contribution in [0, 0.1) is 0 Å². The van der Waals surface area contributed by atoms with Crippen LogP contribution in [0.4, 0.5) is 0 Å². The van der Waals surface area contributed by atoms with E-state index >= 15 is 0 Å². The molecule has 0 nitrogen and oxygen atoms in total. The van der Waals surface area contributed by atoms with Crippen LogP contribution in [-0.2, 0) is 5.41 Å². The molecule has 0 heteroatoms. The van der Waals surface area contributed by atoms with Gasteiger partial charge in [-0.05, 0) is 18.9 Å². The predicted octanol–water partition coefficient (Wildman–Crippen LogP) is 3.93. The zero-order valence-corrected chi connectivity index (χ0v) is 8.75. The van der Waals surface area contributed by atoms with E-state index in [1.54, 1.807) is 0 Å². The zero-order valence-electron chi connectivity index (χ0n) is 8.75. The Morgan fingerprint density at radius 3 is 2.31 bits per heavy atom. The lowest BCUT2D eigenvalue weighted by Gasteiger charge is -2.24. The van der Waals surface area contributed by atoms with Gasteiger partial charge in [0, 0.05) is 5.41 Å². The van der Waals surface area contributed by atoms with E-state index in [0.717, 1.165) is 6.42 Å². The summed E-state index contributed by atoms with van der Waals surface area (Å²) in [6.45, 7) is 6.59. The highest BCUT2D eigenvalue weighted by Gasteiger charge is 2.19. The van der Waals surface area contributed by atoms with Crippen molar-refractivity contribution < 1.29 is 0 Å². The Balaban J connectivity index is 3.03. The number of hydrogen-bond acceptors (Lipinski definition) is 0. The predicted molar refractivity (Wildman–Crippen MR) is 58.9 cm³/mol. The monoisotopic (exact) mass is 174 g/mol. The third kappa shape index (κ3) is 2.21. The fourth-order valence-corrected chi connectivity index (χ4v) is 1.60. The van der Waals surface area contributed by atoms with E-state index in [4.69, 9.17) is 0 Å². The summed E-state index contributed by atoms with van der Waals surface area (Å²) in [4.78, 5) is 0. The van der Waals surface area contributed by atoms with Crippen molar-refractivity contribution in [2.75, 3.05) is 0 Å². The quantitative estimate of drug-likeness (QED) is 0.609. The van der Waals surface area contributed by atoms with Crippen molar-refractivity contribution in [3.63, 3.8) is 0 Å². The largest absolute Gasteiger partial charge is 0.0908 e. The van der Waals surface area contributed by atoms with E-state index in [1.165, 1.54) is 5.56 Å². The summed E-state index contributed by atoms with van der Waals surface area (Å²) in [6, 6.07) is 10.7. The third-order valence-electron chi connectivity index (χ3n) is 2.70. The molecular formula is C13H18. The van der Waals surface area contributed by atoms with Crippen LogP contribution in [0.25, 0.3) is 0 Å². The molecule has 1 aromatic carbocycles. The molecule has 1 aromatic rings. The molecule has 0 amide bonds. The summed E-state index contributed by atoms with van der Waals surface area (Å²) in [5.41, 5.74) is 1.60. The lowest BCUT2D eigenvalue weighted by Crippen LogP contribution is -2.17. The molecule has 0 aliphatic rings. The Hall–Kier alpha value is -1.04. The van der Waals surface area contributed by atoms with E-state index in [1.807, 2.05) is 0 Å². The van der Waals surface area contributed by atoms with Gasteiger partial charge in [0.05, 0.1) is 0 Å². The van der Waals surface area contributed by atoms with Gasteiger partial charge in [-0.25, -0.2) is 0 Å². The van der Waals surface area contributed by atoms with Gasteiger partial charge in [-0.15, -0.1) is 0 Å². The van der Waals surface area contributed by atoms with Gasteiger partial charge >= 0.3 is 0 Å². The molecule has 1 rings (SSSR count). The average Bonchev–Trinajstić information content (AvgIpc) is 2.19. The summed E-state index contributed by atoms with van der Waals surface area (Å²) in [5, 5.41) is 0. The van der Waals surface area contributed by atoms with Gasteiger partial charge in [0.25, 0.3) is 0 Å². The fourth-order valence-electron chi connectivity index (χ4n) is 1.60. The molecule has 0 aliphatic carbocycles. The van der Waals surface area contributed by atoms with Crippen molar-refractivity contribution in [3.05, 3.63) is 48.0 Å². The highest BCUT2D eigenvalue weighted by Crippen LogP contribution is 2.28. The van der Waals surface area contributed by atoms with Crippen LogP contribution < -0.4 is 0 Å². The maximum Gasteiger partial charge on any atom is 0.0101 e. The first-order chi connectivity index (χ1) is 6.23. The van der Waals surface area contributed by atoms with E-state index in [-0.39, 0.29) is 5.41 Å². The molecule has 13 heavy (non-hydrogen) atoms. The molecule has 0 N–H and O–H groups in total. The second kappa shape index (κ2) is 4.27. The topological polar surface area (TPSA) is 0 Å². The fraction of sp³-hybridized carbons (Fsp3) is 0.385.